The van der Waals surface area contributed by atoms with Crippen LogP contribution in [0.4, 0.5) is 4.79 Å². The van der Waals surface area contributed by atoms with Crippen LogP contribution >= 0.6 is 0 Å². The molecule has 5 atom stereocenters. The molecule has 3 aliphatic heterocycles. The third-order valence-electron chi connectivity index (χ3n) is 11.9. The van der Waals surface area contributed by atoms with Gasteiger partial charge in [-0.15, -0.1) is 0 Å². The van der Waals surface area contributed by atoms with Crippen molar-refractivity contribution < 1.29 is 42.2 Å². The van der Waals surface area contributed by atoms with Gasteiger partial charge >= 0.3 is 6.09 Å². The highest BCUT2D eigenvalue weighted by Gasteiger charge is 2.64. The van der Waals surface area contributed by atoms with Gasteiger partial charge in [-0.25, -0.2) is 18.2 Å². The Labute approximate surface area is 309 Å². The van der Waals surface area contributed by atoms with Crippen LogP contribution in [0.15, 0.2) is 30.4 Å². The van der Waals surface area contributed by atoms with E-state index in [4.69, 9.17) is 14.5 Å². The van der Waals surface area contributed by atoms with Gasteiger partial charge in [-0.3, -0.25) is 19.1 Å². The number of carbonyl (C=O) groups excluding carboxylic acids is 3. The van der Waals surface area contributed by atoms with E-state index in [2.05, 4.69) is 15.4 Å². The number of hydrogen-bond acceptors (Lipinski definition) is 9. The van der Waals surface area contributed by atoms with Crippen LogP contribution in [0.5, 0.6) is 11.5 Å². The lowest BCUT2D eigenvalue weighted by molar-refractivity contribution is -0.141. The van der Waals surface area contributed by atoms with E-state index in [0.29, 0.717) is 50.0 Å². The minimum atomic E-state index is -3.99. The molecular weight excluding hydrogens is 703 g/mol. The first-order valence-electron chi connectivity index (χ1n) is 18.7. The Kier molecular flexibility index (Phi) is 9.39. The number of fused-ring (bicyclic) bond motifs is 5. The van der Waals surface area contributed by atoms with Crippen molar-refractivity contribution in [1.29, 1.82) is 0 Å². The minimum absolute atomic E-state index is 0.00407. The van der Waals surface area contributed by atoms with Gasteiger partial charge < -0.3 is 30.1 Å². The molecule has 2 aromatic rings. The molecule has 15 heteroatoms. The standard InChI is InChI=1S/C38H49N5O9S/c1-22(2)30-31-25(26-18-24(51-4)12-13-27(26)39-30)14-15-37(52-31)20-29-32(44)41-38(34(46)42-53(49,50)36(3)16-17-36)19-23(38)10-8-6-5-7-9-11-28(40-35(47)48)33(45)43(29)21-37/h8,10,12-13,18,22-23,28-29,40H,5-7,9,11,14-17,19-21H2,1-4H3,(H,41,44)(H,42,46)(H,47,48)/b10-8-/t23-,28+,29+,37-,38-/m1/s1. The number of sulfonamides is 1. The topological polar surface area (TPSA) is 193 Å². The summed E-state index contributed by atoms with van der Waals surface area (Å²) in [5.74, 6) is -1.15. The summed E-state index contributed by atoms with van der Waals surface area (Å²) in [6, 6.07) is 3.47. The first-order valence-corrected chi connectivity index (χ1v) is 20.1. The zero-order valence-corrected chi connectivity index (χ0v) is 31.5. The second kappa shape index (κ2) is 13.5. The molecule has 3 fully saturated rings. The number of pyridine rings is 1. The van der Waals surface area contributed by atoms with Crippen LogP contribution in [-0.2, 0) is 30.8 Å². The number of hydrogen-bond donors (Lipinski definition) is 4. The molecule has 0 radical (unpaired) electrons. The molecule has 5 aliphatic rings. The Morgan fingerprint density at radius 1 is 1.13 bits per heavy atom. The Hall–Kier alpha value is -4.40. The van der Waals surface area contributed by atoms with Crippen LogP contribution in [0.3, 0.4) is 0 Å². The summed E-state index contributed by atoms with van der Waals surface area (Å²) in [7, 11) is -2.39. The molecule has 0 bridgehead atoms. The van der Waals surface area contributed by atoms with Crippen LogP contribution in [-0.4, -0.2) is 88.8 Å². The number of benzene rings is 1. The Bertz CT molecular complexity index is 2000. The normalized spacial score (nSPS) is 30.1. The maximum atomic E-state index is 14.5. The minimum Gasteiger partial charge on any atom is -0.497 e. The molecule has 1 saturated heterocycles. The molecular formula is C38H49N5O9S. The fourth-order valence-corrected chi connectivity index (χ4v) is 9.51. The average molecular weight is 752 g/mol. The molecule has 2 saturated carbocycles. The summed E-state index contributed by atoms with van der Waals surface area (Å²) in [5.41, 5.74) is -0.0384. The Morgan fingerprint density at radius 3 is 2.60 bits per heavy atom. The fraction of sp³-hybridized carbons (Fsp3) is 0.605. The number of nitrogens with one attached hydrogen (secondary N) is 3. The van der Waals surface area contributed by atoms with Crippen molar-refractivity contribution in [2.24, 2.45) is 5.92 Å². The maximum Gasteiger partial charge on any atom is 0.405 e. The predicted molar refractivity (Wildman–Crippen MR) is 195 cm³/mol. The van der Waals surface area contributed by atoms with Crippen LogP contribution in [0.1, 0.15) is 102 Å². The number of nitrogens with zero attached hydrogens (tertiary/aromatic N) is 2. The number of rotatable bonds is 6. The summed E-state index contributed by atoms with van der Waals surface area (Å²) >= 11 is 0. The van der Waals surface area contributed by atoms with Crippen molar-refractivity contribution in [3.63, 3.8) is 0 Å². The number of aromatic nitrogens is 1. The van der Waals surface area contributed by atoms with Gasteiger partial charge in [-0.05, 0) is 82.4 Å². The molecule has 53 heavy (non-hydrogen) atoms. The number of amides is 4. The Balaban J connectivity index is 1.26. The van der Waals surface area contributed by atoms with Gasteiger partial charge in [0.05, 0.1) is 29.6 Å². The number of methoxy groups -OCH3 is 1. The van der Waals surface area contributed by atoms with Crippen molar-refractivity contribution in [3.05, 3.63) is 41.6 Å². The highest BCUT2D eigenvalue weighted by Crippen LogP contribution is 2.49. The number of carboxylic acid groups (broad SMARTS) is 1. The van der Waals surface area contributed by atoms with Gasteiger partial charge in [0, 0.05) is 23.3 Å². The lowest BCUT2D eigenvalue weighted by Gasteiger charge is -2.37. The van der Waals surface area contributed by atoms with E-state index in [-0.39, 0.29) is 31.7 Å². The van der Waals surface area contributed by atoms with Crippen LogP contribution in [0.25, 0.3) is 10.9 Å². The third-order valence-corrected chi connectivity index (χ3v) is 14.0. The lowest BCUT2D eigenvalue weighted by Crippen LogP contribution is -2.58. The SMILES string of the molecule is COc1ccc2nc(C(C)C)c3c(c2c1)CC[C@]1(C[C@H]2C(=O)N[C@]4(C(=O)NS(=O)(=O)C5(C)CC5)C[C@H]4/C=C\CCCCC[C@H](NC(=O)O)C(=O)N2C1)O3. The monoisotopic (exact) mass is 751 g/mol. The molecule has 286 valence electrons. The van der Waals surface area contributed by atoms with Crippen molar-refractivity contribution in [3.8, 4) is 11.5 Å². The van der Waals surface area contributed by atoms with Gasteiger partial charge in [-0.1, -0.05) is 38.8 Å². The van der Waals surface area contributed by atoms with E-state index in [9.17, 15) is 32.7 Å². The molecule has 0 unspecified atom stereocenters. The first kappa shape index (κ1) is 36.9. The van der Waals surface area contributed by atoms with E-state index in [1.807, 2.05) is 44.2 Å². The molecule has 1 spiro atoms. The van der Waals surface area contributed by atoms with Gasteiger partial charge in [0.15, 0.2) is 0 Å². The second-order valence-corrected chi connectivity index (χ2v) is 18.2. The number of ether oxygens (including phenoxy) is 2. The summed E-state index contributed by atoms with van der Waals surface area (Å²) in [4.78, 5) is 61.1. The molecule has 14 nitrogen and oxygen atoms in total. The lowest BCUT2D eigenvalue weighted by atomic mass is 9.86. The van der Waals surface area contributed by atoms with Gasteiger partial charge in [0.2, 0.25) is 21.8 Å². The molecule has 2 aliphatic carbocycles. The fourth-order valence-electron chi connectivity index (χ4n) is 8.20. The highest BCUT2D eigenvalue weighted by molar-refractivity contribution is 7.91. The molecule has 4 heterocycles. The maximum absolute atomic E-state index is 14.5. The van der Waals surface area contributed by atoms with E-state index in [1.165, 1.54) is 4.90 Å². The van der Waals surface area contributed by atoms with E-state index >= 15 is 0 Å². The van der Waals surface area contributed by atoms with E-state index in [1.54, 1.807) is 14.0 Å². The third kappa shape index (κ3) is 6.81. The highest BCUT2D eigenvalue weighted by atomic mass is 32.2. The van der Waals surface area contributed by atoms with E-state index < -0.39 is 67.7 Å². The molecule has 4 amide bonds. The van der Waals surface area contributed by atoms with Crippen molar-refractivity contribution in [1.82, 2.24) is 25.2 Å². The van der Waals surface area contributed by atoms with Crippen molar-refractivity contribution >= 4 is 44.7 Å². The summed E-state index contributed by atoms with van der Waals surface area (Å²) in [6.07, 6.45) is 7.61. The molecule has 4 N–H and O–H groups in total. The van der Waals surface area contributed by atoms with Crippen LogP contribution in [0.2, 0.25) is 0 Å². The first-order chi connectivity index (χ1) is 25.1. The molecule has 7 rings (SSSR count). The quantitative estimate of drug-likeness (QED) is 0.313. The smallest absolute Gasteiger partial charge is 0.405 e. The summed E-state index contributed by atoms with van der Waals surface area (Å²) in [6.45, 7) is 5.64. The van der Waals surface area contributed by atoms with Crippen molar-refractivity contribution in [2.75, 3.05) is 13.7 Å². The number of aryl methyl sites for hydroxylation is 1. The van der Waals surface area contributed by atoms with Gasteiger partial charge in [0.25, 0.3) is 5.91 Å². The summed E-state index contributed by atoms with van der Waals surface area (Å²) < 4.78 is 40.0. The largest absolute Gasteiger partial charge is 0.497 e. The van der Waals surface area contributed by atoms with Crippen LogP contribution in [0, 0.1) is 5.92 Å². The van der Waals surface area contributed by atoms with E-state index in [0.717, 1.165) is 35.0 Å². The number of carbonyl (C=O) groups is 4. The predicted octanol–water partition coefficient (Wildman–Crippen LogP) is 4.06. The zero-order valence-electron chi connectivity index (χ0n) is 30.7. The second-order valence-electron chi connectivity index (χ2n) is 16.0. The molecule has 1 aromatic heterocycles. The molecule has 1 aromatic carbocycles. The van der Waals surface area contributed by atoms with Gasteiger partial charge in [0.1, 0.15) is 34.7 Å². The van der Waals surface area contributed by atoms with Crippen LogP contribution < -0.4 is 24.8 Å². The zero-order chi connectivity index (χ0) is 37.9. The van der Waals surface area contributed by atoms with Gasteiger partial charge in [-0.2, -0.15) is 0 Å². The average Bonchev–Trinajstić information content (AvgIpc) is 4.00. The summed E-state index contributed by atoms with van der Waals surface area (Å²) in [5, 5.41) is 15.9. The number of allylic oxidation sites excluding steroid dienone is 1. The Morgan fingerprint density at radius 2 is 1.91 bits per heavy atom. The van der Waals surface area contributed by atoms with Crippen molar-refractivity contribution in [2.45, 2.75) is 125 Å².